The van der Waals surface area contributed by atoms with Crippen LogP contribution >= 0.6 is 15.9 Å². The summed E-state index contributed by atoms with van der Waals surface area (Å²) in [5, 5.41) is 13.9. The fourth-order valence-corrected chi connectivity index (χ4v) is 3.91. The van der Waals surface area contributed by atoms with E-state index in [-0.39, 0.29) is 17.6 Å². The number of phenols is 1. The van der Waals surface area contributed by atoms with Crippen LogP contribution in [0.2, 0.25) is 0 Å². The van der Waals surface area contributed by atoms with Crippen LogP contribution in [0.15, 0.2) is 76.2 Å². The molecular formula is C23H20BrFN2O2. The zero-order valence-electron chi connectivity index (χ0n) is 15.8. The maximum absolute atomic E-state index is 13.8. The monoisotopic (exact) mass is 454 g/mol. The summed E-state index contributed by atoms with van der Waals surface area (Å²) in [7, 11) is 1.63. The number of rotatable bonds is 4. The first-order chi connectivity index (χ1) is 14.0. The highest BCUT2D eigenvalue weighted by Gasteiger charge is 2.28. The number of ether oxygens (including phenoxy) is 1. The van der Waals surface area contributed by atoms with Crippen LogP contribution < -0.4 is 10.1 Å². The van der Waals surface area contributed by atoms with Crippen molar-refractivity contribution in [1.29, 1.82) is 0 Å². The van der Waals surface area contributed by atoms with Gasteiger partial charge in [-0.05, 0) is 53.6 Å². The minimum Gasteiger partial charge on any atom is -0.508 e. The third-order valence-electron chi connectivity index (χ3n) is 4.97. The van der Waals surface area contributed by atoms with Crippen LogP contribution in [0.5, 0.6) is 11.5 Å². The molecule has 0 fully saturated rings. The number of aliphatic imine (C=N–C) groups is 1. The second kappa shape index (κ2) is 8.35. The molecule has 29 heavy (non-hydrogen) atoms. The number of nitrogens with zero attached hydrogens (tertiary/aromatic N) is 1. The fraction of sp³-hybridized carbons (Fsp3) is 0.174. The Morgan fingerprint density at radius 1 is 1.10 bits per heavy atom. The molecule has 0 aromatic heterocycles. The summed E-state index contributed by atoms with van der Waals surface area (Å²) in [5.74, 6) is 0.637. The Hall–Kier alpha value is -2.70. The average molecular weight is 455 g/mol. The molecule has 3 aromatic rings. The fourth-order valence-electron chi connectivity index (χ4n) is 3.54. The van der Waals surface area contributed by atoms with Gasteiger partial charge < -0.3 is 9.84 Å². The molecule has 1 heterocycles. The van der Waals surface area contributed by atoms with Gasteiger partial charge in [-0.3, -0.25) is 10.3 Å². The molecule has 0 spiro atoms. The highest BCUT2D eigenvalue weighted by Crippen LogP contribution is 2.36. The highest BCUT2D eigenvalue weighted by atomic mass is 79.9. The Bertz CT molecular complexity index is 1070. The van der Waals surface area contributed by atoms with Gasteiger partial charge in [0.1, 0.15) is 23.5 Å². The van der Waals surface area contributed by atoms with Crippen molar-refractivity contribution in [2.24, 2.45) is 4.99 Å². The lowest BCUT2D eigenvalue weighted by atomic mass is 9.93. The molecule has 6 heteroatoms. The number of hydrogen-bond donors (Lipinski definition) is 2. The van der Waals surface area contributed by atoms with E-state index in [1.165, 1.54) is 12.1 Å². The van der Waals surface area contributed by atoms with E-state index in [4.69, 9.17) is 9.73 Å². The van der Waals surface area contributed by atoms with E-state index in [2.05, 4.69) is 21.2 Å². The van der Waals surface area contributed by atoms with Crippen LogP contribution in [0.25, 0.3) is 0 Å². The third kappa shape index (κ3) is 4.33. The van der Waals surface area contributed by atoms with E-state index in [9.17, 15) is 9.50 Å². The van der Waals surface area contributed by atoms with Crippen molar-refractivity contribution < 1.29 is 14.2 Å². The maximum atomic E-state index is 13.8. The number of halogens is 2. The molecule has 0 saturated heterocycles. The molecule has 0 saturated carbocycles. The van der Waals surface area contributed by atoms with Gasteiger partial charge in [0.2, 0.25) is 0 Å². The maximum Gasteiger partial charge on any atom is 0.126 e. The van der Waals surface area contributed by atoms with Gasteiger partial charge >= 0.3 is 0 Å². The number of nitrogens with one attached hydrogen (secondary N) is 1. The van der Waals surface area contributed by atoms with E-state index in [0.29, 0.717) is 6.42 Å². The smallest absolute Gasteiger partial charge is 0.126 e. The first-order valence-electron chi connectivity index (χ1n) is 9.24. The average Bonchev–Trinajstić information content (AvgIpc) is 2.75. The Morgan fingerprint density at radius 2 is 1.93 bits per heavy atom. The van der Waals surface area contributed by atoms with Crippen LogP contribution in [0.4, 0.5) is 4.39 Å². The van der Waals surface area contributed by atoms with Gasteiger partial charge in [0.15, 0.2) is 0 Å². The number of methoxy groups -OCH3 is 1. The molecule has 2 N–H and O–H groups in total. The summed E-state index contributed by atoms with van der Waals surface area (Å²) in [6.45, 7) is 0. The van der Waals surface area contributed by atoms with Gasteiger partial charge in [-0.2, -0.15) is 0 Å². The van der Waals surface area contributed by atoms with Crippen LogP contribution in [-0.2, 0) is 0 Å². The molecule has 0 amide bonds. The predicted octanol–water partition coefficient (Wildman–Crippen LogP) is 5.52. The SMILES string of the molecule is COc1cccc(C2=N[C@@H](c3cccc(F)c3)N[C@@H](c3cc(Br)ccc3O)C2)c1. The van der Waals surface area contributed by atoms with Gasteiger partial charge in [-0.1, -0.05) is 40.2 Å². The Labute approximate surface area is 177 Å². The molecule has 148 valence electrons. The summed E-state index contributed by atoms with van der Waals surface area (Å²) in [4.78, 5) is 4.86. The largest absolute Gasteiger partial charge is 0.508 e. The Morgan fingerprint density at radius 3 is 2.72 bits per heavy atom. The summed E-state index contributed by atoms with van der Waals surface area (Å²) in [6, 6.07) is 19.3. The van der Waals surface area contributed by atoms with Gasteiger partial charge in [0.25, 0.3) is 0 Å². The highest BCUT2D eigenvalue weighted by molar-refractivity contribution is 9.10. The zero-order valence-corrected chi connectivity index (χ0v) is 17.4. The van der Waals surface area contributed by atoms with Crippen LogP contribution in [0.3, 0.4) is 0 Å². The standard InChI is InChI=1S/C23H20BrFN2O2/c1-29-18-7-3-4-14(11-18)20-13-21(19-12-16(24)8-9-22(19)28)27-23(26-20)15-5-2-6-17(25)10-15/h2-12,21,23,27-28H,13H2,1H3/t21-,23-/m1/s1. The summed E-state index contributed by atoms with van der Waals surface area (Å²) >= 11 is 3.48. The van der Waals surface area contributed by atoms with E-state index in [1.54, 1.807) is 25.3 Å². The predicted molar refractivity (Wildman–Crippen MR) is 115 cm³/mol. The lowest BCUT2D eigenvalue weighted by Gasteiger charge is -2.31. The molecule has 0 radical (unpaired) electrons. The van der Waals surface area contributed by atoms with E-state index >= 15 is 0 Å². The van der Waals surface area contributed by atoms with Gasteiger partial charge in [0.05, 0.1) is 7.11 Å². The van der Waals surface area contributed by atoms with Crippen molar-refractivity contribution in [3.05, 3.63) is 93.7 Å². The second-order valence-corrected chi connectivity index (χ2v) is 7.81. The van der Waals surface area contributed by atoms with Crippen molar-refractivity contribution in [3.63, 3.8) is 0 Å². The lowest BCUT2D eigenvalue weighted by Crippen LogP contribution is -2.33. The normalized spacial score (nSPS) is 18.9. The number of aromatic hydroxyl groups is 1. The van der Waals surface area contributed by atoms with Crippen molar-refractivity contribution in [2.75, 3.05) is 7.11 Å². The van der Waals surface area contributed by atoms with E-state index in [1.807, 2.05) is 36.4 Å². The lowest BCUT2D eigenvalue weighted by molar-refractivity contribution is 0.410. The molecule has 0 unspecified atom stereocenters. The van der Waals surface area contributed by atoms with Crippen molar-refractivity contribution >= 4 is 21.6 Å². The van der Waals surface area contributed by atoms with E-state index in [0.717, 1.165) is 32.6 Å². The molecule has 3 aromatic carbocycles. The molecule has 2 atom stereocenters. The molecule has 4 rings (SSSR count). The summed E-state index contributed by atoms with van der Waals surface area (Å²) in [5.41, 5.74) is 3.29. The molecular weight excluding hydrogens is 435 g/mol. The zero-order chi connectivity index (χ0) is 20.4. The van der Waals surface area contributed by atoms with Gasteiger partial charge in [-0.15, -0.1) is 0 Å². The molecule has 1 aliphatic rings. The van der Waals surface area contributed by atoms with Gasteiger partial charge in [-0.25, -0.2) is 4.39 Å². The number of phenolic OH excluding ortho intramolecular Hbond substituents is 1. The summed E-state index contributed by atoms with van der Waals surface area (Å²) < 4.78 is 20.1. The van der Waals surface area contributed by atoms with E-state index < -0.39 is 6.17 Å². The minimum atomic E-state index is -0.441. The quantitative estimate of drug-likeness (QED) is 0.545. The van der Waals surface area contributed by atoms with Crippen molar-refractivity contribution in [1.82, 2.24) is 5.32 Å². The molecule has 0 aliphatic carbocycles. The van der Waals surface area contributed by atoms with Crippen LogP contribution in [0, 0.1) is 5.82 Å². The Balaban J connectivity index is 1.78. The number of benzene rings is 3. The van der Waals surface area contributed by atoms with Crippen molar-refractivity contribution in [2.45, 2.75) is 18.6 Å². The third-order valence-corrected chi connectivity index (χ3v) is 5.47. The minimum absolute atomic E-state index is 0.195. The molecule has 0 bridgehead atoms. The van der Waals surface area contributed by atoms with Gasteiger partial charge in [0, 0.05) is 28.2 Å². The van der Waals surface area contributed by atoms with Crippen LogP contribution in [0.1, 0.15) is 35.3 Å². The first kappa shape index (κ1) is 19.6. The summed E-state index contributed by atoms with van der Waals surface area (Å²) in [6.07, 6.45) is 0.132. The second-order valence-electron chi connectivity index (χ2n) is 6.89. The molecule has 1 aliphatic heterocycles. The van der Waals surface area contributed by atoms with Crippen LogP contribution in [-0.4, -0.2) is 17.9 Å². The number of hydrogen-bond acceptors (Lipinski definition) is 4. The van der Waals surface area contributed by atoms with Crippen molar-refractivity contribution in [3.8, 4) is 11.5 Å². The Kier molecular flexibility index (Phi) is 5.65. The first-order valence-corrected chi connectivity index (χ1v) is 10.0. The molecule has 4 nitrogen and oxygen atoms in total. The topological polar surface area (TPSA) is 53.8 Å².